The highest BCUT2D eigenvalue weighted by Crippen LogP contribution is 2.16. The molecule has 1 fully saturated rings. The second-order valence-electron chi connectivity index (χ2n) is 6.81. The number of carbonyl (C=O) groups excluding carboxylic acids is 2. The van der Waals surface area contributed by atoms with Gasteiger partial charge in [0.1, 0.15) is 0 Å². The van der Waals surface area contributed by atoms with Gasteiger partial charge < -0.3 is 15.3 Å². The Balaban J connectivity index is 1.77. The van der Waals surface area contributed by atoms with Crippen LogP contribution in [0.1, 0.15) is 68.6 Å². The van der Waals surface area contributed by atoms with Gasteiger partial charge in [0.25, 0.3) is 5.91 Å². The van der Waals surface area contributed by atoms with Crippen LogP contribution in [0.25, 0.3) is 0 Å². The Morgan fingerprint density at radius 2 is 1.72 bits per heavy atom. The first-order valence-electron chi connectivity index (χ1n) is 9.47. The Hall–Kier alpha value is -1.88. The lowest BCUT2D eigenvalue weighted by Crippen LogP contribution is -2.40. The highest BCUT2D eigenvalue weighted by atomic mass is 16.3. The number of piperidine rings is 1. The molecule has 1 aliphatic rings. The van der Waals surface area contributed by atoms with Gasteiger partial charge in [-0.25, -0.2) is 0 Å². The third kappa shape index (κ3) is 6.50. The number of nitrogens with one attached hydrogen (secondary N) is 1. The van der Waals surface area contributed by atoms with Crippen LogP contribution in [0.15, 0.2) is 24.3 Å². The molecule has 2 rings (SSSR count). The molecule has 0 aliphatic carbocycles. The van der Waals surface area contributed by atoms with Crippen LogP contribution in [0.3, 0.4) is 0 Å². The van der Waals surface area contributed by atoms with E-state index in [9.17, 15) is 14.7 Å². The van der Waals surface area contributed by atoms with Gasteiger partial charge in [-0.1, -0.05) is 32.6 Å². The average Bonchev–Trinajstić information content (AvgIpc) is 2.62. The molecule has 0 saturated carbocycles. The number of unbranched alkanes of at least 4 members (excludes halogenated alkanes) is 4. The van der Waals surface area contributed by atoms with E-state index in [1.165, 1.54) is 19.3 Å². The molecule has 1 aromatic carbocycles. The lowest BCUT2D eigenvalue weighted by Gasteiger charge is -2.29. The molecule has 0 aromatic heterocycles. The van der Waals surface area contributed by atoms with Gasteiger partial charge in [-0.3, -0.25) is 9.59 Å². The number of aliphatic hydroxyl groups is 1. The number of likely N-dealkylation sites (tertiary alicyclic amines) is 1. The van der Waals surface area contributed by atoms with Gasteiger partial charge in [-0.15, -0.1) is 0 Å². The van der Waals surface area contributed by atoms with Gasteiger partial charge in [0.2, 0.25) is 5.91 Å². The van der Waals surface area contributed by atoms with Gasteiger partial charge in [0, 0.05) is 30.8 Å². The number of nitrogens with zero attached hydrogens (tertiary/aromatic N) is 1. The molecule has 138 valence electrons. The zero-order valence-electron chi connectivity index (χ0n) is 15.2. The standard InChI is InChI=1S/C20H30N2O3/c1-2-3-4-5-6-7-19(24)21-17-10-8-16(9-11-17)20(25)22-14-12-18(23)13-15-22/h8-11,18,23H,2-7,12-15H2,1H3,(H,21,24). The van der Waals surface area contributed by atoms with Crippen LogP contribution in [0, 0.1) is 0 Å². The van der Waals surface area contributed by atoms with Crippen molar-refractivity contribution in [1.29, 1.82) is 0 Å². The number of aliphatic hydroxyl groups excluding tert-OH is 1. The van der Waals surface area contributed by atoms with Crippen LogP contribution in [-0.2, 0) is 4.79 Å². The Morgan fingerprint density at radius 3 is 2.36 bits per heavy atom. The van der Waals surface area contributed by atoms with Gasteiger partial charge in [-0.05, 0) is 43.5 Å². The summed E-state index contributed by atoms with van der Waals surface area (Å²) in [5.74, 6) is 0.0151. The minimum atomic E-state index is -0.288. The lowest BCUT2D eigenvalue weighted by molar-refractivity contribution is -0.116. The molecule has 1 aliphatic heterocycles. The predicted octanol–water partition coefficient (Wildman–Crippen LogP) is 3.58. The predicted molar refractivity (Wildman–Crippen MR) is 99.6 cm³/mol. The van der Waals surface area contributed by atoms with E-state index in [0.29, 0.717) is 37.9 Å². The molecule has 0 atom stereocenters. The SMILES string of the molecule is CCCCCCCC(=O)Nc1ccc(C(=O)N2CCC(O)CC2)cc1. The molecule has 1 saturated heterocycles. The van der Waals surface area contributed by atoms with Crippen molar-refractivity contribution in [3.63, 3.8) is 0 Å². The van der Waals surface area contributed by atoms with Crippen LogP contribution < -0.4 is 5.32 Å². The molecule has 1 aromatic rings. The molecule has 25 heavy (non-hydrogen) atoms. The van der Waals surface area contributed by atoms with E-state index >= 15 is 0 Å². The smallest absolute Gasteiger partial charge is 0.253 e. The second-order valence-corrected chi connectivity index (χ2v) is 6.81. The number of rotatable bonds is 8. The molecular weight excluding hydrogens is 316 g/mol. The quantitative estimate of drug-likeness (QED) is 0.707. The Kier molecular flexibility index (Phi) is 7.92. The zero-order valence-corrected chi connectivity index (χ0v) is 15.2. The number of amides is 2. The van der Waals surface area contributed by atoms with Gasteiger partial charge in [0.15, 0.2) is 0 Å². The summed E-state index contributed by atoms with van der Waals surface area (Å²) in [5, 5.41) is 12.4. The Bertz CT molecular complexity index is 549. The fourth-order valence-electron chi connectivity index (χ4n) is 3.06. The molecule has 0 spiro atoms. The summed E-state index contributed by atoms with van der Waals surface area (Å²) in [6.07, 6.45) is 7.17. The minimum Gasteiger partial charge on any atom is -0.393 e. The zero-order chi connectivity index (χ0) is 18.1. The Labute approximate surface area is 150 Å². The van der Waals surface area contributed by atoms with Crippen molar-refractivity contribution >= 4 is 17.5 Å². The largest absolute Gasteiger partial charge is 0.393 e. The number of benzene rings is 1. The van der Waals surface area contributed by atoms with Crippen LogP contribution in [-0.4, -0.2) is 41.0 Å². The van der Waals surface area contributed by atoms with E-state index in [2.05, 4.69) is 12.2 Å². The maximum Gasteiger partial charge on any atom is 0.253 e. The third-order valence-corrected chi connectivity index (χ3v) is 4.67. The van der Waals surface area contributed by atoms with Crippen molar-refractivity contribution in [1.82, 2.24) is 4.90 Å². The van der Waals surface area contributed by atoms with Crippen molar-refractivity contribution < 1.29 is 14.7 Å². The van der Waals surface area contributed by atoms with E-state index < -0.39 is 0 Å². The summed E-state index contributed by atoms with van der Waals surface area (Å²) in [4.78, 5) is 26.1. The first-order chi connectivity index (χ1) is 12.1. The summed E-state index contributed by atoms with van der Waals surface area (Å²) in [6.45, 7) is 3.36. The van der Waals surface area contributed by atoms with Crippen molar-refractivity contribution in [2.45, 2.75) is 64.4 Å². The molecule has 0 bridgehead atoms. The molecule has 5 heteroatoms. The summed E-state index contributed by atoms with van der Waals surface area (Å²) in [7, 11) is 0. The summed E-state index contributed by atoms with van der Waals surface area (Å²) < 4.78 is 0. The molecule has 5 nitrogen and oxygen atoms in total. The van der Waals surface area contributed by atoms with Crippen molar-refractivity contribution in [3.05, 3.63) is 29.8 Å². The van der Waals surface area contributed by atoms with E-state index in [1.807, 2.05) is 0 Å². The van der Waals surface area contributed by atoms with Gasteiger partial charge in [-0.2, -0.15) is 0 Å². The van der Waals surface area contributed by atoms with Crippen molar-refractivity contribution in [2.75, 3.05) is 18.4 Å². The average molecular weight is 346 g/mol. The highest BCUT2D eigenvalue weighted by Gasteiger charge is 2.22. The maximum absolute atomic E-state index is 12.4. The van der Waals surface area contributed by atoms with E-state index in [1.54, 1.807) is 29.2 Å². The first kappa shape index (κ1) is 19.4. The summed E-state index contributed by atoms with van der Waals surface area (Å²) in [6, 6.07) is 7.07. The fraction of sp³-hybridized carbons (Fsp3) is 0.600. The number of carbonyl (C=O) groups is 2. The van der Waals surface area contributed by atoms with Crippen LogP contribution in [0.5, 0.6) is 0 Å². The number of anilines is 1. The normalized spacial score (nSPS) is 15.2. The van der Waals surface area contributed by atoms with E-state index in [0.717, 1.165) is 18.5 Å². The minimum absolute atomic E-state index is 0.0132. The molecule has 2 amide bonds. The molecule has 2 N–H and O–H groups in total. The third-order valence-electron chi connectivity index (χ3n) is 4.67. The van der Waals surface area contributed by atoms with Crippen LogP contribution >= 0.6 is 0 Å². The molecule has 0 radical (unpaired) electrons. The molecular formula is C20H30N2O3. The maximum atomic E-state index is 12.4. The van der Waals surface area contributed by atoms with E-state index in [4.69, 9.17) is 0 Å². The summed E-state index contributed by atoms with van der Waals surface area (Å²) >= 11 is 0. The highest BCUT2D eigenvalue weighted by molar-refractivity contribution is 5.95. The molecule has 0 unspecified atom stereocenters. The topological polar surface area (TPSA) is 69.6 Å². The van der Waals surface area contributed by atoms with Crippen molar-refractivity contribution in [2.24, 2.45) is 0 Å². The molecule has 1 heterocycles. The lowest BCUT2D eigenvalue weighted by atomic mass is 10.1. The monoisotopic (exact) mass is 346 g/mol. The first-order valence-corrected chi connectivity index (χ1v) is 9.47. The van der Waals surface area contributed by atoms with Crippen molar-refractivity contribution in [3.8, 4) is 0 Å². The Morgan fingerprint density at radius 1 is 1.08 bits per heavy atom. The van der Waals surface area contributed by atoms with Gasteiger partial charge in [0.05, 0.1) is 6.10 Å². The number of hydrogen-bond acceptors (Lipinski definition) is 3. The van der Waals surface area contributed by atoms with E-state index in [-0.39, 0.29) is 17.9 Å². The van der Waals surface area contributed by atoms with Gasteiger partial charge >= 0.3 is 0 Å². The second kappa shape index (κ2) is 10.2. The van der Waals surface area contributed by atoms with Crippen LogP contribution in [0.2, 0.25) is 0 Å². The fourth-order valence-corrected chi connectivity index (χ4v) is 3.06. The number of hydrogen-bond donors (Lipinski definition) is 2. The van der Waals surface area contributed by atoms with Crippen LogP contribution in [0.4, 0.5) is 5.69 Å². The summed E-state index contributed by atoms with van der Waals surface area (Å²) in [5.41, 5.74) is 1.35.